The Balaban J connectivity index is 1.62. The first-order valence-electron chi connectivity index (χ1n) is 12.4. The van der Waals surface area contributed by atoms with Crippen molar-refractivity contribution in [2.75, 3.05) is 0 Å². The summed E-state index contributed by atoms with van der Waals surface area (Å²) in [6.45, 7) is 2.43. The number of carboxylic acids is 1. The van der Waals surface area contributed by atoms with Gasteiger partial charge in [0.2, 0.25) is 0 Å². The van der Waals surface area contributed by atoms with Gasteiger partial charge in [0.05, 0.1) is 16.8 Å². The van der Waals surface area contributed by atoms with Crippen LogP contribution in [-0.2, 0) is 34.4 Å². The Morgan fingerprint density at radius 3 is 2.44 bits per heavy atom. The van der Waals surface area contributed by atoms with E-state index in [1.165, 1.54) is 3.97 Å². The van der Waals surface area contributed by atoms with Gasteiger partial charge in [-0.05, 0) is 66.1 Å². The van der Waals surface area contributed by atoms with Crippen LogP contribution in [0.15, 0.2) is 102 Å². The number of ether oxygens (including phenoxy) is 1. The number of aromatic nitrogens is 1. The van der Waals surface area contributed by atoms with Gasteiger partial charge in [-0.1, -0.05) is 54.1 Å². The predicted octanol–water partition coefficient (Wildman–Crippen LogP) is 5.52. The molecule has 8 heteroatoms. The fourth-order valence-electron chi connectivity index (χ4n) is 4.62. The second-order valence-corrected chi connectivity index (χ2v) is 11.2. The second-order valence-electron chi connectivity index (χ2n) is 9.38. The predicted molar refractivity (Wildman–Crippen MR) is 151 cm³/mol. The Bertz CT molecular complexity index is 1770. The molecule has 0 saturated heterocycles. The molecule has 0 aliphatic carbocycles. The number of carbonyl (C=O) groups is 1. The highest BCUT2D eigenvalue weighted by molar-refractivity contribution is 7.90. The Morgan fingerprint density at radius 1 is 0.923 bits per heavy atom. The van der Waals surface area contributed by atoms with Gasteiger partial charge in [0.1, 0.15) is 12.4 Å². The molecule has 0 amide bonds. The minimum absolute atomic E-state index is 0.147. The zero-order valence-electron chi connectivity index (χ0n) is 21.4. The van der Waals surface area contributed by atoms with Crippen molar-refractivity contribution in [1.82, 2.24) is 3.97 Å². The van der Waals surface area contributed by atoms with Crippen molar-refractivity contribution in [3.63, 3.8) is 0 Å². The molecule has 1 heterocycles. The Morgan fingerprint density at radius 2 is 1.69 bits per heavy atom. The van der Waals surface area contributed by atoms with Gasteiger partial charge in [0, 0.05) is 29.3 Å². The molecule has 0 radical (unpaired) electrons. The SMILES string of the molecule is Cc1ccc(S(=O)(=O)n2ccc3cc(COc4ccccc4CC(=O)O)cc(-c4cccc(CN)c4)c32)cc1. The molecule has 0 spiro atoms. The molecule has 0 atom stereocenters. The van der Waals surface area contributed by atoms with Crippen LogP contribution in [0.25, 0.3) is 22.0 Å². The lowest BCUT2D eigenvalue weighted by Gasteiger charge is -2.15. The van der Waals surface area contributed by atoms with Crippen molar-refractivity contribution in [3.8, 4) is 16.9 Å². The summed E-state index contributed by atoms with van der Waals surface area (Å²) < 4.78 is 34.8. The lowest BCUT2D eigenvalue weighted by Crippen LogP contribution is -2.12. The Labute approximate surface area is 227 Å². The largest absolute Gasteiger partial charge is 0.489 e. The first kappa shape index (κ1) is 26.2. The third-order valence-electron chi connectivity index (χ3n) is 6.57. The topological polar surface area (TPSA) is 112 Å². The van der Waals surface area contributed by atoms with E-state index in [0.29, 0.717) is 23.4 Å². The molecule has 1 aromatic heterocycles. The van der Waals surface area contributed by atoms with E-state index in [-0.39, 0.29) is 17.9 Å². The van der Waals surface area contributed by atoms with Gasteiger partial charge in [-0.2, -0.15) is 0 Å². The minimum Gasteiger partial charge on any atom is -0.489 e. The van der Waals surface area contributed by atoms with Crippen LogP contribution in [0, 0.1) is 6.92 Å². The second kappa shape index (κ2) is 10.8. The summed E-state index contributed by atoms with van der Waals surface area (Å²) in [6, 6.07) is 27.1. The number of aliphatic carboxylic acids is 1. The molecule has 39 heavy (non-hydrogen) atoms. The Kier molecular flexibility index (Phi) is 7.24. The maximum atomic E-state index is 13.7. The van der Waals surface area contributed by atoms with Gasteiger partial charge in [0.15, 0.2) is 0 Å². The first-order chi connectivity index (χ1) is 18.8. The zero-order chi connectivity index (χ0) is 27.6. The molecular formula is C31H28N2O5S. The summed E-state index contributed by atoms with van der Waals surface area (Å²) >= 11 is 0. The lowest BCUT2D eigenvalue weighted by molar-refractivity contribution is -0.136. The number of rotatable bonds is 9. The molecule has 0 bridgehead atoms. The molecular weight excluding hydrogens is 512 g/mol. The molecule has 7 nitrogen and oxygen atoms in total. The van der Waals surface area contributed by atoms with Crippen molar-refractivity contribution in [3.05, 3.63) is 119 Å². The number of para-hydroxylation sites is 1. The minimum atomic E-state index is -3.87. The molecule has 198 valence electrons. The maximum absolute atomic E-state index is 13.7. The molecule has 0 aliphatic rings. The first-order valence-corrected chi connectivity index (χ1v) is 13.9. The number of nitrogens with zero attached hydrogens (tertiary/aromatic N) is 1. The average Bonchev–Trinajstić information content (AvgIpc) is 3.37. The van der Waals surface area contributed by atoms with Crippen molar-refractivity contribution in [1.29, 1.82) is 0 Å². The molecule has 4 aromatic carbocycles. The van der Waals surface area contributed by atoms with Gasteiger partial charge in [-0.15, -0.1) is 0 Å². The van der Waals surface area contributed by atoms with E-state index in [0.717, 1.165) is 33.2 Å². The maximum Gasteiger partial charge on any atom is 0.307 e. The van der Waals surface area contributed by atoms with Crippen LogP contribution < -0.4 is 10.5 Å². The van der Waals surface area contributed by atoms with E-state index in [1.807, 2.05) is 43.3 Å². The quantitative estimate of drug-likeness (QED) is 0.255. The van der Waals surface area contributed by atoms with Crippen LogP contribution in [0.5, 0.6) is 5.75 Å². The number of hydrogen-bond donors (Lipinski definition) is 2. The molecule has 0 saturated carbocycles. The van der Waals surface area contributed by atoms with Crippen LogP contribution in [0.3, 0.4) is 0 Å². The summed E-state index contributed by atoms with van der Waals surface area (Å²) in [5.74, 6) is -0.447. The van der Waals surface area contributed by atoms with E-state index >= 15 is 0 Å². The third-order valence-corrected chi connectivity index (χ3v) is 8.26. The van der Waals surface area contributed by atoms with E-state index in [4.69, 9.17) is 10.5 Å². The van der Waals surface area contributed by atoms with Crippen LogP contribution in [0.2, 0.25) is 0 Å². The number of hydrogen-bond acceptors (Lipinski definition) is 5. The van der Waals surface area contributed by atoms with Crippen molar-refractivity contribution in [2.24, 2.45) is 5.73 Å². The molecule has 5 aromatic rings. The fourth-order valence-corrected chi connectivity index (χ4v) is 5.99. The number of carboxylic acid groups (broad SMARTS) is 1. The van der Waals surface area contributed by atoms with E-state index in [1.54, 1.807) is 60.8 Å². The van der Waals surface area contributed by atoms with Crippen molar-refractivity contribution >= 4 is 26.9 Å². The zero-order valence-corrected chi connectivity index (χ0v) is 22.2. The number of fused-ring (bicyclic) bond motifs is 1. The highest BCUT2D eigenvalue weighted by atomic mass is 32.2. The number of aryl methyl sites for hydroxylation is 1. The Hall–Kier alpha value is -4.40. The lowest BCUT2D eigenvalue weighted by atomic mass is 9.98. The normalized spacial score (nSPS) is 11.5. The van der Waals surface area contributed by atoms with Gasteiger partial charge in [-0.25, -0.2) is 12.4 Å². The molecule has 0 unspecified atom stereocenters. The van der Waals surface area contributed by atoms with E-state index < -0.39 is 16.0 Å². The highest BCUT2D eigenvalue weighted by Gasteiger charge is 2.22. The summed E-state index contributed by atoms with van der Waals surface area (Å²) in [4.78, 5) is 11.5. The summed E-state index contributed by atoms with van der Waals surface area (Å²) in [5.41, 5.74) is 11.3. The average molecular weight is 541 g/mol. The summed E-state index contributed by atoms with van der Waals surface area (Å²) in [5, 5.41) is 9.98. The monoisotopic (exact) mass is 540 g/mol. The molecule has 3 N–H and O–H groups in total. The smallest absolute Gasteiger partial charge is 0.307 e. The fraction of sp³-hybridized carbons (Fsp3) is 0.129. The highest BCUT2D eigenvalue weighted by Crippen LogP contribution is 2.34. The number of benzene rings is 4. The standard InChI is InChI=1S/C31H28N2O5S/c1-21-9-11-27(12-10-21)39(36,37)33-14-13-26-16-23(20-38-29-8-3-2-6-25(29)18-30(34)35)17-28(31(26)33)24-7-4-5-22(15-24)19-32/h2-17H,18-20,32H2,1H3,(H,34,35). The number of nitrogens with two attached hydrogens (primary N) is 1. The van der Waals surface area contributed by atoms with Crippen LogP contribution in [0.1, 0.15) is 22.3 Å². The van der Waals surface area contributed by atoms with Crippen LogP contribution in [-0.4, -0.2) is 23.5 Å². The summed E-state index contributed by atoms with van der Waals surface area (Å²) in [7, 11) is -3.87. The van der Waals surface area contributed by atoms with Gasteiger partial charge in [-0.3, -0.25) is 4.79 Å². The van der Waals surface area contributed by atoms with Crippen molar-refractivity contribution in [2.45, 2.75) is 31.4 Å². The van der Waals surface area contributed by atoms with Gasteiger partial charge >= 0.3 is 5.97 Å². The molecule has 5 rings (SSSR count). The van der Waals surface area contributed by atoms with E-state index in [2.05, 4.69) is 0 Å². The third kappa shape index (κ3) is 5.43. The van der Waals surface area contributed by atoms with Crippen molar-refractivity contribution < 1.29 is 23.1 Å². The molecule has 0 fully saturated rings. The summed E-state index contributed by atoms with van der Waals surface area (Å²) in [6.07, 6.45) is 1.43. The van der Waals surface area contributed by atoms with Crippen LogP contribution >= 0.6 is 0 Å². The van der Waals surface area contributed by atoms with Gasteiger partial charge < -0.3 is 15.6 Å². The van der Waals surface area contributed by atoms with Gasteiger partial charge in [0.25, 0.3) is 10.0 Å². The molecule has 0 aliphatic heterocycles. The van der Waals surface area contributed by atoms with Crippen LogP contribution in [0.4, 0.5) is 0 Å². The van der Waals surface area contributed by atoms with E-state index in [9.17, 15) is 18.3 Å².